The Morgan fingerprint density at radius 2 is 2.23 bits per heavy atom. The van der Waals surface area contributed by atoms with Crippen LogP contribution >= 0.6 is 0 Å². The molecular weight excluding hydrogens is 284 g/mol. The maximum Gasteiger partial charge on any atom is 0.407 e. The highest BCUT2D eigenvalue weighted by Gasteiger charge is 2.15. The quantitative estimate of drug-likeness (QED) is 0.532. The van der Waals surface area contributed by atoms with Crippen LogP contribution in [-0.4, -0.2) is 21.1 Å². The molecule has 0 saturated carbocycles. The molecule has 116 valence electrons. The van der Waals surface area contributed by atoms with E-state index < -0.39 is 11.7 Å². The highest BCUT2D eigenvalue weighted by atomic mass is 16.6. The SMILES string of the molecule is CC(C)(C)OC(=O)NCc1ccc2nc(CN=[N+]=[N-])cn2c1. The number of alkyl carbamates (subject to hydrolysis) is 1. The topological polar surface area (TPSA) is 104 Å². The fraction of sp³-hybridized carbons (Fsp3) is 0.429. The van der Waals surface area contributed by atoms with Crippen molar-refractivity contribution in [2.75, 3.05) is 0 Å². The predicted molar refractivity (Wildman–Crippen MR) is 81.1 cm³/mol. The predicted octanol–water partition coefficient (Wildman–Crippen LogP) is 3.17. The summed E-state index contributed by atoms with van der Waals surface area (Å²) in [7, 11) is 0. The molecule has 2 aromatic rings. The number of azide groups is 1. The van der Waals surface area contributed by atoms with Crippen LogP contribution in [0.25, 0.3) is 16.1 Å². The van der Waals surface area contributed by atoms with E-state index in [0.29, 0.717) is 12.2 Å². The molecule has 0 aliphatic heterocycles. The molecule has 0 aliphatic rings. The Bertz CT molecular complexity index is 724. The number of pyridine rings is 1. The van der Waals surface area contributed by atoms with Crippen LogP contribution in [0, 0.1) is 0 Å². The van der Waals surface area contributed by atoms with Gasteiger partial charge in [0.2, 0.25) is 0 Å². The average molecular weight is 302 g/mol. The van der Waals surface area contributed by atoms with E-state index in [-0.39, 0.29) is 6.54 Å². The molecule has 0 saturated heterocycles. The van der Waals surface area contributed by atoms with Gasteiger partial charge in [-0.15, -0.1) is 0 Å². The number of amides is 1. The summed E-state index contributed by atoms with van der Waals surface area (Å²) in [6.07, 6.45) is 3.20. The van der Waals surface area contributed by atoms with Crippen LogP contribution in [0.3, 0.4) is 0 Å². The standard InChI is InChI=1S/C14H18N6O2/c1-14(2,3)22-13(21)16-6-10-4-5-12-18-11(7-17-19-15)9-20(12)8-10/h4-5,8-9H,6-7H2,1-3H3,(H,16,21). The van der Waals surface area contributed by atoms with E-state index in [9.17, 15) is 4.79 Å². The summed E-state index contributed by atoms with van der Waals surface area (Å²) >= 11 is 0. The minimum atomic E-state index is -0.519. The zero-order valence-corrected chi connectivity index (χ0v) is 12.8. The number of hydrogen-bond donors (Lipinski definition) is 1. The Hall–Kier alpha value is -2.73. The Labute approximate surface area is 127 Å². The van der Waals surface area contributed by atoms with Gasteiger partial charge in [0, 0.05) is 23.9 Å². The van der Waals surface area contributed by atoms with Gasteiger partial charge >= 0.3 is 6.09 Å². The van der Waals surface area contributed by atoms with E-state index in [1.54, 1.807) is 6.20 Å². The van der Waals surface area contributed by atoms with Gasteiger partial charge in [0.05, 0.1) is 12.2 Å². The Morgan fingerprint density at radius 3 is 2.91 bits per heavy atom. The van der Waals surface area contributed by atoms with E-state index >= 15 is 0 Å². The number of fused-ring (bicyclic) bond motifs is 1. The third kappa shape index (κ3) is 4.39. The fourth-order valence-corrected chi connectivity index (χ4v) is 1.86. The first-order chi connectivity index (χ1) is 10.4. The van der Waals surface area contributed by atoms with E-state index in [0.717, 1.165) is 11.2 Å². The van der Waals surface area contributed by atoms with E-state index in [1.807, 2.05) is 43.5 Å². The van der Waals surface area contributed by atoms with Crippen molar-refractivity contribution in [2.24, 2.45) is 5.11 Å². The summed E-state index contributed by atoms with van der Waals surface area (Å²) in [5, 5.41) is 6.18. The van der Waals surface area contributed by atoms with Crippen molar-refractivity contribution in [2.45, 2.75) is 39.5 Å². The van der Waals surface area contributed by atoms with Gasteiger partial charge in [-0.1, -0.05) is 11.2 Å². The van der Waals surface area contributed by atoms with Gasteiger partial charge in [0.1, 0.15) is 11.2 Å². The molecule has 2 rings (SSSR count). The van der Waals surface area contributed by atoms with Crippen molar-refractivity contribution in [3.05, 3.63) is 46.2 Å². The molecule has 0 spiro atoms. The third-order valence-corrected chi connectivity index (χ3v) is 2.69. The summed E-state index contributed by atoms with van der Waals surface area (Å²) in [5.41, 5.74) is 10.2. The van der Waals surface area contributed by atoms with Gasteiger partial charge < -0.3 is 14.5 Å². The van der Waals surface area contributed by atoms with Crippen LogP contribution in [0.1, 0.15) is 32.0 Å². The van der Waals surface area contributed by atoms with Crippen molar-refractivity contribution in [1.29, 1.82) is 0 Å². The van der Waals surface area contributed by atoms with Gasteiger partial charge in [-0.2, -0.15) is 0 Å². The Balaban J connectivity index is 2.03. The minimum Gasteiger partial charge on any atom is -0.444 e. The number of ether oxygens (including phenoxy) is 1. The van der Waals surface area contributed by atoms with Gasteiger partial charge in [0.25, 0.3) is 0 Å². The highest BCUT2D eigenvalue weighted by molar-refractivity contribution is 5.67. The summed E-state index contributed by atoms with van der Waals surface area (Å²) in [6.45, 7) is 6.01. The minimum absolute atomic E-state index is 0.212. The molecular formula is C14H18N6O2. The lowest BCUT2D eigenvalue weighted by Gasteiger charge is -2.19. The monoisotopic (exact) mass is 302 g/mol. The van der Waals surface area contributed by atoms with Gasteiger partial charge in [-0.25, -0.2) is 9.78 Å². The molecule has 0 atom stereocenters. The summed E-state index contributed by atoms with van der Waals surface area (Å²) in [4.78, 5) is 18.7. The first kappa shape index (κ1) is 15.7. The van der Waals surface area contributed by atoms with Gasteiger partial charge in [-0.05, 0) is 37.9 Å². The van der Waals surface area contributed by atoms with Gasteiger partial charge in [0.15, 0.2) is 0 Å². The second-order valence-corrected chi connectivity index (χ2v) is 5.78. The summed E-state index contributed by atoms with van der Waals surface area (Å²) in [6, 6.07) is 3.71. The van der Waals surface area contributed by atoms with Crippen molar-refractivity contribution in [1.82, 2.24) is 14.7 Å². The number of nitrogens with zero attached hydrogens (tertiary/aromatic N) is 5. The lowest BCUT2D eigenvalue weighted by molar-refractivity contribution is 0.0523. The summed E-state index contributed by atoms with van der Waals surface area (Å²) in [5.74, 6) is 0. The first-order valence-corrected chi connectivity index (χ1v) is 6.81. The van der Waals surface area contributed by atoms with Crippen LogP contribution in [0.15, 0.2) is 29.6 Å². The van der Waals surface area contributed by atoms with Crippen LogP contribution in [0.4, 0.5) is 4.79 Å². The number of imidazole rings is 1. The maximum atomic E-state index is 11.6. The molecule has 22 heavy (non-hydrogen) atoms. The second-order valence-electron chi connectivity index (χ2n) is 5.78. The molecule has 8 nitrogen and oxygen atoms in total. The number of nitrogens with one attached hydrogen (secondary N) is 1. The molecule has 0 bridgehead atoms. The van der Waals surface area contributed by atoms with E-state index in [4.69, 9.17) is 10.3 Å². The molecule has 0 fully saturated rings. The number of rotatable bonds is 4. The molecule has 8 heteroatoms. The molecule has 1 amide bonds. The van der Waals surface area contributed by atoms with Crippen LogP contribution in [-0.2, 0) is 17.8 Å². The lowest BCUT2D eigenvalue weighted by atomic mass is 10.2. The largest absolute Gasteiger partial charge is 0.444 e. The fourth-order valence-electron chi connectivity index (χ4n) is 1.86. The van der Waals surface area contributed by atoms with Crippen LogP contribution in [0.2, 0.25) is 0 Å². The normalized spacial score (nSPS) is 11.0. The van der Waals surface area contributed by atoms with Crippen molar-refractivity contribution in [3.8, 4) is 0 Å². The van der Waals surface area contributed by atoms with E-state index in [2.05, 4.69) is 20.3 Å². The number of hydrogen-bond acceptors (Lipinski definition) is 4. The Kier molecular flexibility index (Phi) is 4.53. The summed E-state index contributed by atoms with van der Waals surface area (Å²) < 4.78 is 7.01. The zero-order valence-electron chi connectivity index (χ0n) is 12.8. The maximum absolute atomic E-state index is 11.6. The van der Waals surface area contributed by atoms with Crippen LogP contribution < -0.4 is 5.32 Å². The van der Waals surface area contributed by atoms with Crippen LogP contribution in [0.5, 0.6) is 0 Å². The van der Waals surface area contributed by atoms with E-state index in [1.165, 1.54) is 0 Å². The molecule has 2 aromatic heterocycles. The van der Waals surface area contributed by atoms with Gasteiger partial charge in [-0.3, -0.25) is 0 Å². The molecule has 1 N–H and O–H groups in total. The molecule has 0 radical (unpaired) electrons. The smallest absolute Gasteiger partial charge is 0.407 e. The molecule has 0 aliphatic carbocycles. The molecule has 0 aromatic carbocycles. The number of carbonyl (C=O) groups is 1. The Morgan fingerprint density at radius 1 is 1.45 bits per heavy atom. The molecule has 0 unspecified atom stereocenters. The van der Waals surface area contributed by atoms with Crippen molar-refractivity contribution in [3.63, 3.8) is 0 Å². The highest BCUT2D eigenvalue weighted by Crippen LogP contribution is 2.10. The number of aromatic nitrogens is 2. The second kappa shape index (κ2) is 6.36. The van der Waals surface area contributed by atoms with Crippen molar-refractivity contribution >= 4 is 11.7 Å². The lowest BCUT2D eigenvalue weighted by Crippen LogP contribution is -2.32. The molecule has 2 heterocycles. The van der Waals surface area contributed by atoms with Crippen molar-refractivity contribution < 1.29 is 9.53 Å². The first-order valence-electron chi connectivity index (χ1n) is 6.81. The zero-order chi connectivity index (χ0) is 16.2. The average Bonchev–Trinajstić information content (AvgIpc) is 2.83. The third-order valence-electron chi connectivity index (χ3n) is 2.69. The number of carbonyl (C=O) groups excluding carboxylic acids is 1.